The van der Waals surface area contributed by atoms with Gasteiger partial charge in [0.05, 0.1) is 25.6 Å². The van der Waals surface area contributed by atoms with Crippen LogP contribution in [0.4, 0.5) is 0 Å². The summed E-state index contributed by atoms with van der Waals surface area (Å²) in [6.07, 6.45) is 2.65. The van der Waals surface area contributed by atoms with Gasteiger partial charge in [-0.2, -0.15) is 0 Å². The first-order valence-electron chi connectivity index (χ1n) is 8.24. The first-order chi connectivity index (χ1) is 12.4. The van der Waals surface area contributed by atoms with Crippen LogP contribution in [0.2, 0.25) is 0 Å². The molecule has 0 radical (unpaired) electrons. The first kappa shape index (κ1) is 18.2. The van der Waals surface area contributed by atoms with Crippen molar-refractivity contribution in [2.45, 2.75) is 26.2 Å². The Balaban J connectivity index is 2.11. The molecule has 2 heterocycles. The van der Waals surface area contributed by atoms with Crippen LogP contribution in [0.5, 0.6) is 11.5 Å². The van der Waals surface area contributed by atoms with Crippen molar-refractivity contribution in [3.8, 4) is 27.9 Å². The third-order valence-corrected chi connectivity index (χ3v) is 5.04. The number of methoxy groups -OCH3 is 2. The summed E-state index contributed by atoms with van der Waals surface area (Å²) in [5.74, 6) is 1.55. The third-order valence-electron chi connectivity index (χ3n) is 4.20. The highest BCUT2D eigenvalue weighted by atomic mass is 32.1. The molecule has 0 aliphatic heterocycles. The largest absolute Gasteiger partial charge is 0.496 e. The Bertz CT molecular complexity index is 935. The van der Waals surface area contributed by atoms with E-state index in [4.69, 9.17) is 14.5 Å². The monoisotopic (exact) mass is 370 g/mol. The lowest BCUT2D eigenvalue weighted by Crippen LogP contribution is -2.13. The zero-order valence-electron chi connectivity index (χ0n) is 15.6. The van der Waals surface area contributed by atoms with Gasteiger partial charge < -0.3 is 9.47 Å². The van der Waals surface area contributed by atoms with Crippen molar-refractivity contribution in [2.75, 3.05) is 14.2 Å². The van der Waals surface area contributed by atoms with Crippen LogP contribution in [-0.2, 0) is 5.41 Å². The Morgan fingerprint density at radius 2 is 1.88 bits per heavy atom. The van der Waals surface area contributed by atoms with Crippen LogP contribution in [-0.4, -0.2) is 30.1 Å². The molecule has 3 aromatic rings. The first-order valence-corrected chi connectivity index (χ1v) is 9.12. The summed E-state index contributed by atoms with van der Waals surface area (Å²) in [4.78, 5) is 15.9. The number of hydrogen-bond acceptors (Lipinski definition) is 5. The van der Waals surface area contributed by atoms with Gasteiger partial charge in [0.2, 0.25) is 0 Å². The van der Waals surface area contributed by atoms with Gasteiger partial charge in [-0.3, -0.25) is 9.36 Å². The van der Waals surface area contributed by atoms with Gasteiger partial charge in [-0.15, -0.1) is 11.3 Å². The number of aromatic nitrogens is 2. The standard InChI is InChI=1S/C20H22N2O3S/c1-20(2,3)15-10-17(24-4)14(9-18(15)25-5)16-12-26-19(21-16)22-8-6-7-13(22)11-23/h6-12H,1-5H3. The van der Waals surface area contributed by atoms with Crippen molar-refractivity contribution in [3.63, 3.8) is 0 Å². The van der Waals surface area contributed by atoms with Gasteiger partial charge in [-0.1, -0.05) is 20.8 Å². The maximum absolute atomic E-state index is 11.2. The highest BCUT2D eigenvalue weighted by Crippen LogP contribution is 2.41. The van der Waals surface area contributed by atoms with Gasteiger partial charge in [-0.25, -0.2) is 4.98 Å². The van der Waals surface area contributed by atoms with Crippen molar-refractivity contribution in [1.29, 1.82) is 0 Å². The summed E-state index contributed by atoms with van der Waals surface area (Å²) < 4.78 is 13.0. The van der Waals surface area contributed by atoms with Gasteiger partial charge in [-0.05, 0) is 29.7 Å². The fraction of sp³-hybridized carbons (Fsp3) is 0.300. The van der Waals surface area contributed by atoms with E-state index in [1.165, 1.54) is 11.3 Å². The molecule has 2 aromatic heterocycles. The molecule has 0 saturated carbocycles. The molecule has 0 unspecified atom stereocenters. The lowest BCUT2D eigenvalue weighted by molar-refractivity contribution is 0.111. The molecule has 0 spiro atoms. The number of carbonyl (C=O) groups is 1. The number of hydrogen-bond donors (Lipinski definition) is 0. The Labute approximate surface area is 157 Å². The highest BCUT2D eigenvalue weighted by molar-refractivity contribution is 7.12. The number of aldehydes is 1. The van der Waals surface area contributed by atoms with Crippen molar-refractivity contribution in [1.82, 2.24) is 9.55 Å². The van der Waals surface area contributed by atoms with E-state index >= 15 is 0 Å². The SMILES string of the molecule is COc1cc(C(C)(C)C)c(OC)cc1-c1csc(-n2cccc2C=O)n1. The van der Waals surface area contributed by atoms with Crippen molar-refractivity contribution in [3.05, 3.63) is 47.1 Å². The normalized spacial score (nSPS) is 11.4. The van der Waals surface area contributed by atoms with Crippen LogP contribution in [0, 0.1) is 0 Å². The average Bonchev–Trinajstić information content (AvgIpc) is 3.28. The molecule has 0 aliphatic carbocycles. The minimum absolute atomic E-state index is 0.0750. The Morgan fingerprint density at radius 3 is 2.50 bits per heavy atom. The zero-order valence-corrected chi connectivity index (χ0v) is 16.4. The van der Waals surface area contributed by atoms with Crippen LogP contribution in [0.1, 0.15) is 36.8 Å². The Kier molecular flexibility index (Phi) is 4.87. The lowest BCUT2D eigenvalue weighted by Gasteiger charge is -2.23. The number of nitrogens with zero attached hydrogens (tertiary/aromatic N) is 2. The fourth-order valence-corrected chi connectivity index (χ4v) is 3.67. The molecular weight excluding hydrogens is 348 g/mol. The summed E-state index contributed by atoms with van der Waals surface area (Å²) in [5.41, 5.74) is 3.21. The Hall–Kier alpha value is -2.60. The van der Waals surface area contributed by atoms with Crippen molar-refractivity contribution < 1.29 is 14.3 Å². The van der Waals surface area contributed by atoms with Crippen LogP contribution in [0.15, 0.2) is 35.8 Å². The van der Waals surface area contributed by atoms with E-state index in [2.05, 4.69) is 20.8 Å². The van der Waals surface area contributed by atoms with E-state index in [0.29, 0.717) is 5.69 Å². The maximum Gasteiger partial charge on any atom is 0.194 e. The molecular formula is C20H22N2O3S. The third kappa shape index (κ3) is 3.24. The molecule has 1 aromatic carbocycles. The predicted octanol–water partition coefficient (Wildman–Crippen LogP) is 4.73. The van der Waals surface area contributed by atoms with Crippen molar-refractivity contribution in [2.24, 2.45) is 0 Å². The number of rotatable bonds is 5. The molecule has 26 heavy (non-hydrogen) atoms. The molecule has 0 saturated heterocycles. The predicted molar refractivity (Wildman–Crippen MR) is 104 cm³/mol. The van der Waals surface area contributed by atoms with Gasteiger partial charge in [0, 0.05) is 22.7 Å². The van der Waals surface area contributed by atoms with E-state index in [-0.39, 0.29) is 5.41 Å². The van der Waals surface area contributed by atoms with Gasteiger partial charge >= 0.3 is 0 Å². The molecule has 0 N–H and O–H groups in total. The summed E-state index contributed by atoms with van der Waals surface area (Å²) >= 11 is 1.47. The van der Waals surface area contributed by atoms with Gasteiger partial charge in [0.1, 0.15) is 11.5 Å². The van der Waals surface area contributed by atoms with E-state index in [1.807, 2.05) is 29.8 Å². The molecule has 0 atom stereocenters. The minimum atomic E-state index is -0.0750. The van der Waals surface area contributed by atoms with Crippen LogP contribution in [0.25, 0.3) is 16.4 Å². The number of carbonyl (C=O) groups excluding carboxylic acids is 1. The quantitative estimate of drug-likeness (QED) is 0.609. The molecule has 136 valence electrons. The number of benzene rings is 1. The molecule has 0 fully saturated rings. The van der Waals surface area contributed by atoms with Crippen LogP contribution in [0.3, 0.4) is 0 Å². The second-order valence-corrected chi connectivity index (χ2v) is 7.78. The molecule has 3 rings (SSSR count). The maximum atomic E-state index is 11.2. The molecule has 5 nitrogen and oxygen atoms in total. The summed E-state index contributed by atoms with van der Waals surface area (Å²) in [5, 5.41) is 2.69. The van der Waals surface area contributed by atoms with Gasteiger partial charge in [0.15, 0.2) is 11.4 Å². The molecule has 0 amide bonds. The average molecular weight is 370 g/mol. The minimum Gasteiger partial charge on any atom is -0.496 e. The highest BCUT2D eigenvalue weighted by Gasteiger charge is 2.23. The fourth-order valence-electron chi connectivity index (χ4n) is 2.85. The zero-order chi connectivity index (χ0) is 18.9. The molecule has 0 bridgehead atoms. The van der Waals surface area contributed by atoms with E-state index < -0.39 is 0 Å². The second-order valence-electron chi connectivity index (χ2n) is 6.94. The topological polar surface area (TPSA) is 53.4 Å². The van der Waals surface area contributed by atoms with Gasteiger partial charge in [0.25, 0.3) is 0 Å². The Morgan fingerprint density at radius 1 is 1.15 bits per heavy atom. The smallest absolute Gasteiger partial charge is 0.194 e. The summed E-state index contributed by atoms with van der Waals surface area (Å²) in [7, 11) is 3.32. The van der Waals surface area contributed by atoms with E-state index in [0.717, 1.165) is 39.7 Å². The van der Waals surface area contributed by atoms with E-state index in [9.17, 15) is 4.79 Å². The summed E-state index contributed by atoms with van der Waals surface area (Å²) in [6.45, 7) is 6.41. The van der Waals surface area contributed by atoms with Crippen LogP contribution < -0.4 is 9.47 Å². The second kappa shape index (κ2) is 6.96. The summed E-state index contributed by atoms with van der Waals surface area (Å²) in [6, 6.07) is 7.57. The number of ether oxygens (including phenoxy) is 2. The molecule has 6 heteroatoms. The van der Waals surface area contributed by atoms with E-state index in [1.54, 1.807) is 24.9 Å². The van der Waals surface area contributed by atoms with Crippen LogP contribution >= 0.6 is 11.3 Å². The van der Waals surface area contributed by atoms with Crippen molar-refractivity contribution >= 4 is 17.6 Å². The molecule has 0 aliphatic rings. The lowest BCUT2D eigenvalue weighted by atomic mass is 9.85. The number of thiazole rings is 1.